The van der Waals surface area contributed by atoms with E-state index in [4.69, 9.17) is 0 Å². The van der Waals surface area contributed by atoms with Gasteiger partial charge in [0.2, 0.25) is 5.91 Å². The standard InChI is InChI=1S/C13H17BrN2OS/c14-11-2-1-3-12(6-11)16-13(17)8-15-7-10-4-5-18-9-10/h1-3,6,10,15H,4-5,7-9H2,(H,16,17). The van der Waals surface area contributed by atoms with Crippen LogP contribution in [-0.4, -0.2) is 30.5 Å². The van der Waals surface area contributed by atoms with Gasteiger partial charge in [0.15, 0.2) is 0 Å². The Morgan fingerprint density at radius 1 is 1.50 bits per heavy atom. The van der Waals surface area contributed by atoms with Crippen LogP contribution in [0.5, 0.6) is 0 Å². The quantitative estimate of drug-likeness (QED) is 0.873. The Morgan fingerprint density at radius 2 is 2.39 bits per heavy atom. The summed E-state index contributed by atoms with van der Waals surface area (Å²) in [7, 11) is 0. The highest BCUT2D eigenvalue weighted by atomic mass is 79.9. The van der Waals surface area contributed by atoms with Gasteiger partial charge in [-0.25, -0.2) is 0 Å². The molecule has 2 N–H and O–H groups in total. The largest absolute Gasteiger partial charge is 0.325 e. The van der Waals surface area contributed by atoms with Gasteiger partial charge in [-0.1, -0.05) is 22.0 Å². The number of thioether (sulfide) groups is 1. The molecule has 1 saturated heterocycles. The highest BCUT2D eigenvalue weighted by Gasteiger charge is 2.15. The topological polar surface area (TPSA) is 41.1 Å². The molecule has 1 aromatic rings. The lowest BCUT2D eigenvalue weighted by molar-refractivity contribution is -0.115. The fraction of sp³-hybridized carbons (Fsp3) is 0.462. The summed E-state index contributed by atoms with van der Waals surface area (Å²) in [4.78, 5) is 11.7. The van der Waals surface area contributed by atoms with Gasteiger partial charge in [0.25, 0.3) is 0 Å². The SMILES string of the molecule is O=C(CNCC1CCSC1)Nc1cccc(Br)c1. The van der Waals surface area contributed by atoms with Crippen molar-refractivity contribution in [3.05, 3.63) is 28.7 Å². The van der Waals surface area contributed by atoms with Crippen LogP contribution in [0.15, 0.2) is 28.7 Å². The van der Waals surface area contributed by atoms with Crippen molar-refractivity contribution in [3.8, 4) is 0 Å². The van der Waals surface area contributed by atoms with Crippen molar-refractivity contribution < 1.29 is 4.79 Å². The lowest BCUT2D eigenvalue weighted by Crippen LogP contribution is -2.31. The smallest absolute Gasteiger partial charge is 0.238 e. The molecule has 0 aliphatic carbocycles. The molecular formula is C13H17BrN2OS. The maximum atomic E-state index is 11.7. The van der Waals surface area contributed by atoms with E-state index in [1.54, 1.807) is 0 Å². The molecule has 0 bridgehead atoms. The van der Waals surface area contributed by atoms with E-state index in [-0.39, 0.29) is 5.91 Å². The van der Waals surface area contributed by atoms with E-state index in [2.05, 4.69) is 26.6 Å². The fourth-order valence-corrected chi connectivity index (χ4v) is 3.59. The van der Waals surface area contributed by atoms with Gasteiger partial charge in [0, 0.05) is 10.2 Å². The first-order chi connectivity index (χ1) is 8.74. The van der Waals surface area contributed by atoms with Crippen molar-refractivity contribution in [1.29, 1.82) is 0 Å². The number of nitrogens with one attached hydrogen (secondary N) is 2. The molecule has 0 saturated carbocycles. The monoisotopic (exact) mass is 328 g/mol. The van der Waals surface area contributed by atoms with Crippen LogP contribution in [0, 0.1) is 5.92 Å². The number of halogens is 1. The molecule has 1 aliphatic rings. The molecule has 3 nitrogen and oxygen atoms in total. The molecule has 18 heavy (non-hydrogen) atoms. The molecule has 1 unspecified atom stereocenters. The van der Waals surface area contributed by atoms with E-state index in [1.165, 1.54) is 17.9 Å². The summed E-state index contributed by atoms with van der Waals surface area (Å²) >= 11 is 5.38. The molecule has 0 radical (unpaired) electrons. The first-order valence-corrected chi connectivity index (χ1v) is 8.02. The molecule has 0 aromatic heterocycles. The summed E-state index contributed by atoms with van der Waals surface area (Å²) in [5.41, 5.74) is 0.826. The normalized spacial score (nSPS) is 18.8. The van der Waals surface area contributed by atoms with E-state index in [9.17, 15) is 4.79 Å². The first kappa shape index (κ1) is 13.9. The third-order valence-electron chi connectivity index (χ3n) is 2.85. The van der Waals surface area contributed by atoms with Crippen LogP contribution in [0.2, 0.25) is 0 Å². The number of carbonyl (C=O) groups excluding carboxylic acids is 1. The predicted molar refractivity (Wildman–Crippen MR) is 81.1 cm³/mol. The van der Waals surface area contributed by atoms with Crippen LogP contribution >= 0.6 is 27.7 Å². The van der Waals surface area contributed by atoms with Crippen LogP contribution in [0.4, 0.5) is 5.69 Å². The Morgan fingerprint density at radius 3 is 3.11 bits per heavy atom. The van der Waals surface area contributed by atoms with Crippen LogP contribution in [0.3, 0.4) is 0 Å². The second-order valence-corrected chi connectivity index (χ2v) is 6.48. The highest BCUT2D eigenvalue weighted by molar-refractivity contribution is 9.10. The van der Waals surface area contributed by atoms with E-state index >= 15 is 0 Å². The summed E-state index contributed by atoms with van der Waals surface area (Å²) in [5.74, 6) is 3.23. The van der Waals surface area contributed by atoms with Crippen LogP contribution in [0.25, 0.3) is 0 Å². The first-order valence-electron chi connectivity index (χ1n) is 6.08. The zero-order valence-corrected chi connectivity index (χ0v) is 12.5. The van der Waals surface area contributed by atoms with Gasteiger partial charge in [0.1, 0.15) is 0 Å². The van der Waals surface area contributed by atoms with Crippen LogP contribution in [0.1, 0.15) is 6.42 Å². The Kier molecular flexibility index (Phi) is 5.53. The van der Waals surface area contributed by atoms with Crippen molar-refractivity contribution in [3.63, 3.8) is 0 Å². The number of benzene rings is 1. The Labute approximate surface area is 120 Å². The molecule has 2 rings (SSSR count). The number of hydrogen-bond acceptors (Lipinski definition) is 3. The number of rotatable bonds is 5. The minimum Gasteiger partial charge on any atom is -0.325 e. The van der Waals surface area contributed by atoms with Crippen molar-refractivity contribution in [1.82, 2.24) is 5.32 Å². The van der Waals surface area contributed by atoms with Gasteiger partial charge in [0.05, 0.1) is 6.54 Å². The maximum Gasteiger partial charge on any atom is 0.238 e. The molecule has 98 valence electrons. The summed E-state index contributed by atoms with van der Waals surface area (Å²) in [6.45, 7) is 1.33. The minimum atomic E-state index is 0.0127. The molecule has 1 aliphatic heterocycles. The average molecular weight is 329 g/mol. The summed E-state index contributed by atoms with van der Waals surface area (Å²) in [5, 5.41) is 6.10. The molecule has 1 atom stereocenters. The van der Waals surface area contributed by atoms with Gasteiger partial charge in [-0.3, -0.25) is 4.79 Å². The summed E-state index contributed by atoms with van der Waals surface area (Å²) in [6.07, 6.45) is 1.27. The molecule has 1 aromatic carbocycles. The van der Waals surface area contributed by atoms with Gasteiger partial charge in [-0.15, -0.1) is 0 Å². The maximum absolute atomic E-state index is 11.7. The van der Waals surface area contributed by atoms with Crippen molar-refractivity contribution in [2.24, 2.45) is 5.92 Å². The van der Waals surface area contributed by atoms with Crippen molar-refractivity contribution in [2.75, 3.05) is 29.9 Å². The number of amides is 1. The molecule has 1 amide bonds. The summed E-state index contributed by atoms with van der Waals surface area (Å²) < 4.78 is 0.969. The summed E-state index contributed by atoms with van der Waals surface area (Å²) in [6, 6.07) is 7.62. The zero-order valence-electron chi connectivity index (χ0n) is 10.1. The predicted octanol–water partition coefficient (Wildman–Crippen LogP) is 2.73. The van der Waals surface area contributed by atoms with Crippen molar-refractivity contribution >= 4 is 39.3 Å². The lowest BCUT2D eigenvalue weighted by Gasteiger charge is -2.10. The number of hydrogen-bond donors (Lipinski definition) is 2. The number of carbonyl (C=O) groups is 1. The van der Waals surface area contributed by atoms with Crippen LogP contribution < -0.4 is 10.6 Å². The highest BCUT2D eigenvalue weighted by Crippen LogP contribution is 2.22. The van der Waals surface area contributed by atoms with Gasteiger partial charge in [-0.2, -0.15) is 11.8 Å². The lowest BCUT2D eigenvalue weighted by atomic mass is 10.1. The Balaban J connectivity index is 1.68. The average Bonchev–Trinajstić information content (AvgIpc) is 2.82. The second-order valence-electron chi connectivity index (χ2n) is 4.42. The van der Waals surface area contributed by atoms with Gasteiger partial charge in [-0.05, 0) is 48.6 Å². The van der Waals surface area contributed by atoms with Crippen LogP contribution in [-0.2, 0) is 4.79 Å². The zero-order chi connectivity index (χ0) is 12.8. The molecule has 1 fully saturated rings. The van der Waals surface area contributed by atoms with E-state index in [0.29, 0.717) is 6.54 Å². The van der Waals surface area contributed by atoms with Crippen molar-refractivity contribution in [2.45, 2.75) is 6.42 Å². The van der Waals surface area contributed by atoms with E-state index in [0.717, 1.165) is 22.6 Å². The molecule has 1 heterocycles. The molecule has 5 heteroatoms. The third kappa shape index (κ3) is 4.63. The number of anilines is 1. The van der Waals surface area contributed by atoms with E-state index < -0.39 is 0 Å². The minimum absolute atomic E-state index is 0.0127. The fourth-order valence-electron chi connectivity index (χ4n) is 1.91. The second kappa shape index (κ2) is 7.16. The third-order valence-corrected chi connectivity index (χ3v) is 4.58. The Bertz CT molecular complexity index is 408. The van der Waals surface area contributed by atoms with Gasteiger partial charge >= 0.3 is 0 Å². The molecular weight excluding hydrogens is 312 g/mol. The molecule has 0 spiro atoms. The Hall–Kier alpha value is -0.520. The van der Waals surface area contributed by atoms with Gasteiger partial charge < -0.3 is 10.6 Å². The van der Waals surface area contributed by atoms with E-state index in [1.807, 2.05) is 36.0 Å².